The summed E-state index contributed by atoms with van der Waals surface area (Å²) in [7, 11) is 0. The summed E-state index contributed by atoms with van der Waals surface area (Å²) in [5, 5.41) is 0. The number of esters is 2. The molecule has 0 spiro atoms. The van der Waals surface area contributed by atoms with Gasteiger partial charge in [0.2, 0.25) is 0 Å². The van der Waals surface area contributed by atoms with Crippen molar-refractivity contribution in [1.82, 2.24) is 0 Å². The summed E-state index contributed by atoms with van der Waals surface area (Å²) in [6.07, 6.45) is 5.28. The minimum Gasteiger partial charge on any atom is -0.455 e. The van der Waals surface area contributed by atoms with Crippen LogP contribution in [0.5, 0.6) is 0 Å². The molecule has 0 aliphatic heterocycles. The fraction of sp³-hybridized carbons (Fsp3) is 0.429. The second-order valence-electron chi connectivity index (χ2n) is 4.17. The quantitative estimate of drug-likeness (QED) is 0.426. The molecule has 1 aliphatic rings. The lowest BCUT2D eigenvalue weighted by Gasteiger charge is -2.33. The van der Waals surface area contributed by atoms with Gasteiger partial charge in [-0.2, -0.15) is 0 Å². The van der Waals surface area contributed by atoms with Crippen LogP contribution >= 0.6 is 0 Å². The average Bonchev–Trinajstić information content (AvgIpc) is 2.40. The smallest absolute Gasteiger partial charge is 0.330 e. The Hall–Kier alpha value is -1.84. The van der Waals surface area contributed by atoms with Crippen LogP contribution in [0.4, 0.5) is 0 Å². The maximum Gasteiger partial charge on any atom is 0.330 e. The fourth-order valence-corrected chi connectivity index (χ4v) is 2.00. The van der Waals surface area contributed by atoms with E-state index in [-0.39, 0.29) is 5.92 Å². The number of hydrogen-bond donors (Lipinski definition) is 0. The Bertz CT molecular complexity index is 359. The van der Waals surface area contributed by atoms with Crippen molar-refractivity contribution in [2.24, 2.45) is 5.92 Å². The highest BCUT2D eigenvalue weighted by molar-refractivity contribution is 5.82. The molecule has 1 fully saturated rings. The number of ether oxygens (including phenoxy) is 2. The minimum absolute atomic E-state index is 0.270. The van der Waals surface area contributed by atoms with E-state index in [1.54, 1.807) is 0 Å². The lowest BCUT2D eigenvalue weighted by molar-refractivity contribution is -0.166. The first-order valence-electron chi connectivity index (χ1n) is 5.89. The van der Waals surface area contributed by atoms with E-state index in [9.17, 15) is 9.59 Å². The summed E-state index contributed by atoms with van der Waals surface area (Å²) in [5.74, 6) is -0.743. The number of carbonyl (C=O) groups is 2. The first kappa shape index (κ1) is 14.2. The summed E-state index contributed by atoms with van der Waals surface area (Å²) in [4.78, 5) is 22.5. The van der Waals surface area contributed by atoms with Crippen LogP contribution in [0.2, 0.25) is 0 Å². The zero-order valence-corrected chi connectivity index (χ0v) is 10.3. The number of rotatable bonds is 5. The van der Waals surface area contributed by atoms with E-state index in [0.717, 1.165) is 18.6 Å². The van der Waals surface area contributed by atoms with E-state index in [1.165, 1.54) is 0 Å². The third-order valence-electron chi connectivity index (χ3n) is 2.97. The van der Waals surface area contributed by atoms with Gasteiger partial charge >= 0.3 is 11.9 Å². The van der Waals surface area contributed by atoms with E-state index < -0.39 is 24.1 Å². The van der Waals surface area contributed by atoms with Crippen molar-refractivity contribution in [1.29, 1.82) is 0 Å². The molecule has 1 aliphatic carbocycles. The second-order valence-corrected chi connectivity index (χ2v) is 4.17. The molecule has 0 N–H and O–H groups in total. The Kier molecular flexibility index (Phi) is 5.36. The van der Waals surface area contributed by atoms with Crippen LogP contribution in [-0.4, -0.2) is 24.1 Å². The fourth-order valence-electron chi connectivity index (χ4n) is 2.00. The standard InChI is InChI=1S/C14H18O4/c1-4-10-7-8-11(17-13(15)5-2)12(9-10)18-14(16)6-3/h4-6,10-12H,1-3,7-9H2. The van der Waals surface area contributed by atoms with Gasteiger partial charge in [-0.1, -0.05) is 19.2 Å². The number of allylic oxidation sites excluding steroid dienone is 1. The molecule has 0 bridgehead atoms. The largest absolute Gasteiger partial charge is 0.455 e. The highest BCUT2D eigenvalue weighted by atomic mass is 16.6. The van der Waals surface area contributed by atoms with Gasteiger partial charge < -0.3 is 9.47 Å². The summed E-state index contributed by atoms with van der Waals surface area (Å²) in [5.41, 5.74) is 0. The summed E-state index contributed by atoms with van der Waals surface area (Å²) in [6.45, 7) is 10.4. The zero-order valence-electron chi connectivity index (χ0n) is 10.3. The summed E-state index contributed by atoms with van der Waals surface area (Å²) >= 11 is 0. The van der Waals surface area contributed by atoms with Gasteiger partial charge in [-0.05, 0) is 25.2 Å². The van der Waals surface area contributed by atoms with Gasteiger partial charge in [0.1, 0.15) is 12.2 Å². The molecule has 98 valence electrons. The van der Waals surface area contributed by atoms with E-state index in [2.05, 4.69) is 19.7 Å². The highest BCUT2D eigenvalue weighted by Gasteiger charge is 2.34. The SMILES string of the molecule is C=CC(=O)OC1CCC(C=C)CC1OC(=O)C=C. The minimum atomic E-state index is -0.510. The van der Waals surface area contributed by atoms with Crippen LogP contribution in [0.15, 0.2) is 38.0 Å². The van der Waals surface area contributed by atoms with Crippen molar-refractivity contribution < 1.29 is 19.1 Å². The zero-order chi connectivity index (χ0) is 13.5. The van der Waals surface area contributed by atoms with Crippen molar-refractivity contribution in [2.45, 2.75) is 31.5 Å². The molecule has 4 heteroatoms. The van der Waals surface area contributed by atoms with Gasteiger partial charge in [0, 0.05) is 12.2 Å². The number of hydrogen-bond acceptors (Lipinski definition) is 4. The summed E-state index contributed by atoms with van der Waals surface area (Å²) in [6, 6.07) is 0. The Morgan fingerprint density at radius 3 is 2.00 bits per heavy atom. The molecule has 0 radical (unpaired) electrons. The molecule has 0 aromatic rings. The van der Waals surface area contributed by atoms with Gasteiger partial charge in [-0.3, -0.25) is 0 Å². The Morgan fingerprint density at radius 1 is 0.944 bits per heavy atom. The third kappa shape index (κ3) is 3.87. The average molecular weight is 250 g/mol. The predicted molar refractivity (Wildman–Crippen MR) is 67.7 cm³/mol. The van der Waals surface area contributed by atoms with Gasteiger partial charge in [-0.25, -0.2) is 9.59 Å². The van der Waals surface area contributed by atoms with Crippen molar-refractivity contribution in [3.05, 3.63) is 38.0 Å². The predicted octanol–water partition coefficient (Wildman–Crippen LogP) is 2.17. The molecular weight excluding hydrogens is 232 g/mol. The normalized spacial score (nSPS) is 26.8. The van der Waals surface area contributed by atoms with Gasteiger partial charge in [0.05, 0.1) is 0 Å². The Morgan fingerprint density at radius 2 is 1.50 bits per heavy atom. The van der Waals surface area contributed by atoms with Gasteiger partial charge in [0.15, 0.2) is 0 Å². The summed E-state index contributed by atoms with van der Waals surface area (Å²) < 4.78 is 10.4. The molecule has 0 amide bonds. The van der Waals surface area contributed by atoms with Crippen LogP contribution in [0.1, 0.15) is 19.3 Å². The first-order valence-corrected chi connectivity index (χ1v) is 5.89. The van der Waals surface area contributed by atoms with Crippen LogP contribution in [0.25, 0.3) is 0 Å². The molecule has 3 unspecified atom stereocenters. The van der Waals surface area contributed by atoms with Crippen molar-refractivity contribution in [2.75, 3.05) is 0 Å². The molecule has 1 saturated carbocycles. The molecule has 0 heterocycles. The van der Waals surface area contributed by atoms with Crippen LogP contribution in [-0.2, 0) is 19.1 Å². The third-order valence-corrected chi connectivity index (χ3v) is 2.97. The lowest BCUT2D eigenvalue weighted by atomic mass is 9.85. The van der Waals surface area contributed by atoms with Crippen molar-refractivity contribution in [3.63, 3.8) is 0 Å². The Labute approximate surface area is 107 Å². The van der Waals surface area contributed by atoms with E-state index in [1.807, 2.05) is 6.08 Å². The molecule has 0 saturated heterocycles. The van der Waals surface area contributed by atoms with Gasteiger partial charge in [-0.15, -0.1) is 6.58 Å². The lowest BCUT2D eigenvalue weighted by Crippen LogP contribution is -2.39. The second kappa shape index (κ2) is 6.79. The highest BCUT2D eigenvalue weighted by Crippen LogP contribution is 2.29. The number of carbonyl (C=O) groups excluding carboxylic acids is 2. The van der Waals surface area contributed by atoms with Crippen LogP contribution < -0.4 is 0 Å². The molecule has 1 rings (SSSR count). The molecule has 18 heavy (non-hydrogen) atoms. The molecular formula is C14H18O4. The van der Waals surface area contributed by atoms with Crippen LogP contribution in [0.3, 0.4) is 0 Å². The topological polar surface area (TPSA) is 52.6 Å². The monoisotopic (exact) mass is 250 g/mol. The molecule has 3 atom stereocenters. The van der Waals surface area contributed by atoms with E-state index in [0.29, 0.717) is 12.8 Å². The van der Waals surface area contributed by atoms with Crippen molar-refractivity contribution in [3.8, 4) is 0 Å². The van der Waals surface area contributed by atoms with Crippen molar-refractivity contribution >= 4 is 11.9 Å². The maximum atomic E-state index is 11.2. The van der Waals surface area contributed by atoms with E-state index >= 15 is 0 Å². The Balaban J connectivity index is 2.69. The molecule has 0 aromatic carbocycles. The molecule has 4 nitrogen and oxygen atoms in total. The van der Waals surface area contributed by atoms with Crippen LogP contribution in [0, 0.1) is 5.92 Å². The van der Waals surface area contributed by atoms with E-state index in [4.69, 9.17) is 9.47 Å². The maximum absolute atomic E-state index is 11.2. The first-order chi connectivity index (χ1) is 8.60. The molecule has 0 aromatic heterocycles. The van der Waals surface area contributed by atoms with Gasteiger partial charge in [0.25, 0.3) is 0 Å².